The molecule has 0 bridgehead atoms. The second kappa shape index (κ2) is 4.40. The molecule has 0 unspecified atom stereocenters. The van der Waals surface area contributed by atoms with E-state index in [0.717, 1.165) is 16.8 Å². The topological polar surface area (TPSA) is 29.4 Å². The molecule has 4 heteroatoms. The van der Waals surface area contributed by atoms with Crippen LogP contribution in [0.4, 0.5) is 0 Å². The Hall–Kier alpha value is -1.12. The second-order valence-electron chi connectivity index (χ2n) is 3.52. The Kier molecular flexibility index (Phi) is 3.13. The number of carbonyl (C=O) groups is 1. The molecule has 0 saturated carbocycles. The van der Waals surface area contributed by atoms with Crippen LogP contribution in [0.5, 0.6) is 0 Å². The van der Waals surface area contributed by atoms with Crippen molar-refractivity contribution in [2.75, 3.05) is 0 Å². The fourth-order valence-electron chi connectivity index (χ4n) is 1.56. The number of hydrogen-bond acceptors (Lipinski definition) is 1. The van der Waals surface area contributed by atoms with Gasteiger partial charge < -0.3 is 0 Å². The van der Waals surface area contributed by atoms with Crippen molar-refractivity contribution in [2.45, 2.75) is 13.3 Å². The van der Waals surface area contributed by atoms with Gasteiger partial charge >= 0.3 is 0 Å². The van der Waals surface area contributed by atoms with Crippen LogP contribution in [0.2, 0.25) is 10.0 Å². The highest BCUT2D eigenvalue weighted by molar-refractivity contribution is 6.39. The van der Waals surface area contributed by atoms with Crippen LogP contribution in [0.3, 0.4) is 0 Å². The van der Waals surface area contributed by atoms with Crippen molar-refractivity contribution in [3.05, 3.63) is 39.9 Å². The summed E-state index contributed by atoms with van der Waals surface area (Å²) in [7, 11) is 0. The molecule has 1 aromatic rings. The first-order valence-corrected chi connectivity index (χ1v) is 5.57. The van der Waals surface area contributed by atoms with Gasteiger partial charge in [-0.1, -0.05) is 35.3 Å². The van der Waals surface area contributed by atoms with Crippen LogP contribution in [0.1, 0.15) is 18.9 Å². The van der Waals surface area contributed by atoms with Gasteiger partial charge in [-0.15, -0.1) is 0 Å². The average Bonchev–Trinajstić information content (AvgIpc) is 2.17. The monoisotopic (exact) mass is 253 g/mol. The molecular formula is C12H9Cl2NO. The van der Waals surface area contributed by atoms with Crippen molar-refractivity contribution in [3.8, 4) is 0 Å². The summed E-state index contributed by atoms with van der Waals surface area (Å²) in [5, 5.41) is 1.17. The number of aliphatic imine (C=N–C) groups is 1. The molecule has 0 N–H and O–H groups in total. The van der Waals surface area contributed by atoms with E-state index in [1.165, 1.54) is 6.92 Å². The number of rotatable bonds is 1. The number of allylic oxidation sites excluding steroid dienone is 2. The van der Waals surface area contributed by atoms with Crippen LogP contribution in [0.25, 0.3) is 5.57 Å². The maximum Gasteiger partial charge on any atom is 0.242 e. The second-order valence-corrected chi connectivity index (χ2v) is 4.37. The summed E-state index contributed by atoms with van der Waals surface area (Å²) < 4.78 is 0. The highest BCUT2D eigenvalue weighted by Gasteiger charge is 2.19. The molecular weight excluding hydrogens is 245 g/mol. The van der Waals surface area contributed by atoms with E-state index in [1.54, 1.807) is 12.1 Å². The van der Waals surface area contributed by atoms with Crippen LogP contribution in [-0.2, 0) is 4.79 Å². The molecule has 0 saturated heterocycles. The van der Waals surface area contributed by atoms with E-state index in [0.29, 0.717) is 16.5 Å². The maximum atomic E-state index is 10.9. The Morgan fingerprint density at radius 1 is 1.38 bits per heavy atom. The van der Waals surface area contributed by atoms with Crippen LogP contribution in [0.15, 0.2) is 29.3 Å². The van der Waals surface area contributed by atoms with Crippen LogP contribution in [-0.4, -0.2) is 11.6 Å². The van der Waals surface area contributed by atoms with Crippen LogP contribution >= 0.6 is 23.2 Å². The van der Waals surface area contributed by atoms with Gasteiger partial charge in [-0.3, -0.25) is 4.79 Å². The molecule has 0 fully saturated rings. The first-order chi connectivity index (χ1) is 7.58. The van der Waals surface area contributed by atoms with E-state index < -0.39 is 0 Å². The number of halogens is 2. The summed E-state index contributed by atoms with van der Waals surface area (Å²) >= 11 is 11.9. The number of carbonyl (C=O) groups excluding carboxylic acids is 1. The third-order valence-electron chi connectivity index (χ3n) is 2.32. The summed E-state index contributed by atoms with van der Waals surface area (Å²) in [4.78, 5) is 14.8. The molecule has 2 nitrogen and oxygen atoms in total. The lowest BCUT2D eigenvalue weighted by atomic mass is 9.89. The molecule has 0 aliphatic heterocycles. The largest absolute Gasteiger partial charge is 0.273 e. The highest BCUT2D eigenvalue weighted by Crippen LogP contribution is 2.33. The summed E-state index contributed by atoms with van der Waals surface area (Å²) in [6.07, 6.45) is 2.71. The zero-order chi connectivity index (χ0) is 11.7. The fourth-order valence-corrected chi connectivity index (χ4v) is 2.07. The third kappa shape index (κ3) is 2.18. The van der Waals surface area contributed by atoms with Gasteiger partial charge in [0, 0.05) is 34.5 Å². The zero-order valence-electron chi connectivity index (χ0n) is 8.63. The first-order valence-electron chi connectivity index (χ1n) is 4.82. The van der Waals surface area contributed by atoms with Gasteiger partial charge in [0.25, 0.3) is 0 Å². The standard InChI is InChI=1S/C12H9Cl2NO/c1-7(16)15-12-5-4-10(12)9-3-2-8(13)6-11(9)14/h2-4,6H,5H2,1H3. The van der Waals surface area contributed by atoms with Gasteiger partial charge in [0.1, 0.15) is 0 Å². The fraction of sp³-hybridized carbons (Fsp3) is 0.167. The molecule has 0 heterocycles. The first kappa shape index (κ1) is 11.4. The Morgan fingerprint density at radius 3 is 2.62 bits per heavy atom. The van der Waals surface area contributed by atoms with Gasteiger partial charge in [-0.05, 0) is 12.1 Å². The Morgan fingerprint density at radius 2 is 2.12 bits per heavy atom. The van der Waals surface area contributed by atoms with E-state index in [2.05, 4.69) is 4.99 Å². The number of hydrogen-bond donors (Lipinski definition) is 0. The van der Waals surface area contributed by atoms with Gasteiger partial charge in [0.15, 0.2) is 0 Å². The minimum absolute atomic E-state index is 0.189. The van der Waals surface area contributed by atoms with Gasteiger partial charge in [0.2, 0.25) is 5.91 Å². The quantitative estimate of drug-likeness (QED) is 0.750. The van der Waals surface area contributed by atoms with Gasteiger partial charge in [-0.2, -0.15) is 0 Å². The van der Waals surface area contributed by atoms with Crippen molar-refractivity contribution >= 4 is 40.4 Å². The minimum Gasteiger partial charge on any atom is -0.273 e. The lowest BCUT2D eigenvalue weighted by Crippen LogP contribution is -2.12. The summed E-state index contributed by atoms with van der Waals surface area (Å²) in [5.41, 5.74) is 2.59. The molecule has 0 aromatic heterocycles. The molecule has 1 amide bonds. The van der Waals surface area contributed by atoms with Gasteiger partial charge in [-0.25, -0.2) is 4.99 Å². The van der Waals surface area contributed by atoms with Crippen molar-refractivity contribution < 1.29 is 4.79 Å². The molecule has 0 radical (unpaired) electrons. The van der Waals surface area contributed by atoms with E-state index >= 15 is 0 Å². The van der Waals surface area contributed by atoms with E-state index in [-0.39, 0.29) is 5.91 Å². The number of nitrogens with zero attached hydrogens (tertiary/aromatic N) is 1. The predicted molar refractivity (Wildman–Crippen MR) is 67.2 cm³/mol. The van der Waals surface area contributed by atoms with Crippen LogP contribution < -0.4 is 0 Å². The van der Waals surface area contributed by atoms with Crippen molar-refractivity contribution in [1.29, 1.82) is 0 Å². The smallest absolute Gasteiger partial charge is 0.242 e. The third-order valence-corrected chi connectivity index (χ3v) is 2.87. The molecule has 0 spiro atoms. The lowest BCUT2D eigenvalue weighted by molar-refractivity contribution is -0.115. The van der Waals surface area contributed by atoms with Crippen molar-refractivity contribution in [3.63, 3.8) is 0 Å². The number of amides is 1. The minimum atomic E-state index is -0.189. The normalized spacial score (nSPS) is 16.9. The molecule has 1 aliphatic rings. The van der Waals surface area contributed by atoms with E-state index in [1.807, 2.05) is 12.1 Å². The maximum absolute atomic E-state index is 10.9. The van der Waals surface area contributed by atoms with Crippen LogP contribution in [0, 0.1) is 0 Å². The molecule has 1 aliphatic carbocycles. The number of benzene rings is 1. The van der Waals surface area contributed by atoms with E-state index in [9.17, 15) is 4.79 Å². The Balaban J connectivity index is 2.37. The van der Waals surface area contributed by atoms with Gasteiger partial charge in [0.05, 0.1) is 5.71 Å². The Labute approximate surface area is 104 Å². The molecule has 0 atom stereocenters. The molecule has 82 valence electrons. The summed E-state index contributed by atoms with van der Waals surface area (Å²) in [6.45, 7) is 1.44. The average molecular weight is 254 g/mol. The summed E-state index contributed by atoms with van der Waals surface area (Å²) in [6, 6.07) is 5.29. The molecule has 1 aromatic carbocycles. The SMILES string of the molecule is CC(=O)N=C1CC=C1c1ccc(Cl)cc1Cl. The van der Waals surface area contributed by atoms with Crippen molar-refractivity contribution in [1.82, 2.24) is 0 Å². The zero-order valence-corrected chi connectivity index (χ0v) is 10.1. The van der Waals surface area contributed by atoms with E-state index in [4.69, 9.17) is 23.2 Å². The predicted octanol–water partition coefficient (Wildman–Crippen LogP) is 3.77. The highest BCUT2D eigenvalue weighted by atomic mass is 35.5. The lowest BCUT2D eigenvalue weighted by Gasteiger charge is -2.18. The molecule has 16 heavy (non-hydrogen) atoms. The van der Waals surface area contributed by atoms with Crippen molar-refractivity contribution in [2.24, 2.45) is 4.99 Å². The Bertz CT molecular complexity index is 518. The summed E-state index contributed by atoms with van der Waals surface area (Å²) in [5.74, 6) is -0.189. The molecule has 2 rings (SSSR count).